The highest BCUT2D eigenvalue weighted by Gasteiger charge is 2.15. The fourth-order valence-corrected chi connectivity index (χ4v) is 4.07. The fourth-order valence-electron chi connectivity index (χ4n) is 3.10. The van der Waals surface area contributed by atoms with Crippen molar-refractivity contribution >= 4 is 22.7 Å². The van der Waals surface area contributed by atoms with Crippen LogP contribution in [0.3, 0.4) is 0 Å². The lowest BCUT2D eigenvalue weighted by molar-refractivity contribution is 0.140. The molecule has 146 valence electrons. The van der Waals surface area contributed by atoms with E-state index in [9.17, 15) is 4.79 Å². The van der Waals surface area contributed by atoms with Crippen molar-refractivity contribution < 1.29 is 14.2 Å². The van der Waals surface area contributed by atoms with Gasteiger partial charge in [-0.3, -0.25) is 9.36 Å². The Bertz CT molecular complexity index is 1030. The topological polar surface area (TPSA) is 62.6 Å². The summed E-state index contributed by atoms with van der Waals surface area (Å²) in [6.07, 6.45) is 0.769. The van der Waals surface area contributed by atoms with Crippen molar-refractivity contribution in [2.75, 3.05) is 20.0 Å². The van der Waals surface area contributed by atoms with E-state index >= 15 is 0 Å². The van der Waals surface area contributed by atoms with Gasteiger partial charge in [-0.05, 0) is 43.2 Å². The molecule has 6 nitrogen and oxygen atoms in total. The van der Waals surface area contributed by atoms with Gasteiger partial charge < -0.3 is 14.2 Å². The van der Waals surface area contributed by atoms with Gasteiger partial charge in [-0.15, -0.1) is 0 Å². The van der Waals surface area contributed by atoms with E-state index < -0.39 is 0 Å². The molecule has 2 aromatic carbocycles. The summed E-state index contributed by atoms with van der Waals surface area (Å²) in [6.45, 7) is 4.12. The number of ether oxygens (including phenoxy) is 3. The number of para-hydroxylation sites is 1. The molecule has 7 heteroatoms. The maximum absolute atomic E-state index is 13.0. The van der Waals surface area contributed by atoms with Crippen molar-refractivity contribution in [3.8, 4) is 11.5 Å². The highest BCUT2D eigenvalue weighted by molar-refractivity contribution is 7.98. The summed E-state index contributed by atoms with van der Waals surface area (Å²) >= 11 is 1.55. The van der Waals surface area contributed by atoms with Crippen molar-refractivity contribution in [3.63, 3.8) is 0 Å². The van der Waals surface area contributed by atoms with Gasteiger partial charge in [0, 0.05) is 25.5 Å². The van der Waals surface area contributed by atoms with Crippen LogP contribution in [0.5, 0.6) is 11.5 Å². The molecule has 0 unspecified atom stereocenters. The minimum absolute atomic E-state index is 0.00437. The van der Waals surface area contributed by atoms with E-state index in [0.717, 1.165) is 34.2 Å². The zero-order valence-corrected chi connectivity index (χ0v) is 16.5. The molecule has 0 N–H and O–H groups in total. The molecule has 0 radical (unpaired) electrons. The molecule has 28 heavy (non-hydrogen) atoms. The first-order valence-electron chi connectivity index (χ1n) is 9.35. The third-order valence-electron chi connectivity index (χ3n) is 4.51. The average Bonchev–Trinajstić information content (AvgIpc) is 3.19. The second-order valence-corrected chi connectivity index (χ2v) is 7.34. The average molecular weight is 398 g/mol. The molecule has 0 bridgehead atoms. The Hall–Kier alpha value is -2.51. The molecule has 0 saturated heterocycles. The second-order valence-electron chi connectivity index (χ2n) is 6.40. The molecule has 1 aliphatic heterocycles. The normalized spacial score (nSPS) is 12.6. The SMILES string of the molecule is CCOCCCn1c(SCc2ccc3c(c2)OCO3)nc2ccccc2c1=O. The molecule has 1 aromatic heterocycles. The number of nitrogens with zero attached hydrogens (tertiary/aromatic N) is 2. The van der Waals surface area contributed by atoms with Crippen LogP contribution >= 0.6 is 11.8 Å². The number of thioether (sulfide) groups is 1. The van der Waals surface area contributed by atoms with Gasteiger partial charge in [0.05, 0.1) is 10.9 Å². The van der Waals surface area contributed by atoms with Gasteiger partial charge in [-0.2, -0.15) is 0 Å². The van der Waals surface area contributed by atoms with E-state index in [1.54, 1.807) is 16.3 Å². The molecule has 0 aliphatic carbocycles. The predicted molar refractivity (Wildman–Crippen MR) is 109 cm³/mol. The van der Waals surface area contributed by atoms with Crippen LogP contribution in [0.25, 0.3) is 10.9 Å². The fraction of sp³-hybridized carbons (Fsp3) is 0.333. The van der Waals surface area contributed by atoms with E-state index in [-0.39, 0.29) is 12.4 Å². The van der Waals surface area contributed by atoms with E-state index in [1.165, 1.54) is 0 Å². The molecule has 4 rings (SSSR count). The van der Waals surface area contributed by atoms with Gasteiger partial charge >= 0.3 is 0 Å². The maximum atomic E-state index is 13.0. The first kappa shape index (κ1) is 18.8. The summed E-state index contributed by atoms with van der Waals surface area (Å²) in [5, 5.41) is 1.37. The maximum Gasteiger partial charge on any atom is 0.262 e. The molecular weight excluding hydrogens is 376 g/mol. The molecule has 0 atom stereocenters. The Kier molecular flexibility index (Phi) is 5.83. The van der Waals surface area contributed by atoms with Crippen LogP contribution in [0.15, 0.2) is 52.4 Å². The Morgan fingerprint density at radius 3 is 2.93 bits per heavy atom. The highest BCUT2D eigenvalue weighted by Crippen LogP contribution is 2.34. The summed E-state index contributed by atoms with van der Waals surface area (Å²) in [5.41, 5.74) is 1.81. The van der Waals surface area contributed by atoms with Crippen molar-refractivity contribution in [2.45, 2.75) is 30.8 Å². The summed E-state index contributed by atoms with van der Waals surface area (Å²) in [7, 11) is 0. The Morgan fingerprint density at radius 1 is 1.18 bits per heavy atom. The Morgan fingerprint density at radius 2 is 2.04 bits per heavy atom. The Balaban J connectivity index is 1.59. The van der Waals surface area contributed by atoms with Crippen LogP contribution in [0, 0.1) is 0 Å². The van der Waals surface area contributed by atoms with Crippen LogP contribution in [-0.2, 0) is 17.0 Å². The van der Waals surface area contributed by atoms with E-state index in [1.807, 2.05) is 49.4 Å². The lowest BCUT2D eigenvalue weighted by Gasteiger charge is -2.13. The van der Waals surface area contributed by atoms with Gasteiger partial charge in [-0.1, -0.05) is 30.0 Å². The van der Waals surface area contributed by atoms with Crippen LogP contribution in [0.1, 0.15) is 18.9 Å². The molecule has 0 fully saturated rings. The molecular formula is C21H22N2O4S. The van der Waals surface area contributed by atoms with Gasteiger partial charge in [0.15, 0.2) is 16.7 Å². The van der Waals surface area contributed by atoms with E-state index in [0.29, 0.717) is 30.9 Å². The predicted octanol–water partition coefficient (Wildman–Crippen LogP) is 3.84. The molecule has 3 aromatic rings. The van der Waals surface area contributed by atoms with Crippen LogP contribution in [0.2, 0.25) is 0 Å². The standard InChI is InChI=1S/C21H22N2O4S/c1-2-25-11-5-10-23-20(24)16-6-3-4-7-17(16)22-21(23)28-13-15-8-9-18-19(12-15)27-14-26-18/h3-4,6-9,12H,2,5,10-11,13-14H2,1H3. The van der Waals surface area contributed by atoms with Gasteiger partial charge in [0.25, 0.3) is 5.56 Å². The minimum Gasteiger partial charge on any atom is -0.454 e. The number of rotatable bonds is 8. The third-order valence-corrected chi connectivity index (χ3v) is 5.55. The first-order chi connectivity index (χ1) is 13.8. The zero-order valence-electron chi connectivity index (χ0n) is 15.7. The first-order valence-corrected chi connectivity index (χ1v) is 10.3. The summed E-state index contributed by atoms with van der Waals surface area (Å²) < 4.78 is 18.0. The summed E-state index contributed by atoms with van der Waals surface area (Å²) in [5.74, 6) is 2.22. The van der Waals surface area contributed by atoms with Crippen LogP contribution < -0.4 is 15.0 Å². The number of hydrogen-bond donors (Lipinski definition) is 0. The van der Waals surface area contributed by atoms with E-state index in [2.05, 4.69) is 0 Å². The monoisotopic (exact) mass is 398 g/mol. The quantitative estimate of drug-likeness (QED) is 0.326. The number of benzene rings is 2. The van der Waals surface area contributed by atoms with Gasteiger partial charge in [0.1, 0.15) is 0 Å². The number of hydrogen-bond acceptors (Lipinski definition) is 6. The number of fused-ring (bicyclic) bond motifs is 2. The summed E-state index contributed by atoms with van der Waals surface area (Å²) in [4.78, 5) is 17.8. The molecule has 0 spiro atoms. The minimum atomic E-state index is -0.00437. The molecule has 0 saturated carbocycles. The van der Waals surface area contributed by atoms with Crippen LogP contribution in [-0.4, -0.2) is 29.6 Å². The molecule has 1 aliphatic rings. The smallest absolute Gasteiger partial charge is 0.262 e. The van der Waals surface area contributed by atoms with Crippen LogP contribution in [0.4, 0.5) is 0 Å². The lowest BCUT2D eigenvalue weighted by atomic mass is 10.2. The van der Waals surface area contributed by atoms with Crippen molar-refractivity contribution in [3.05, 3.63) is 58.4 Å². The van der Waals surface area contributed by atoms with Crippen molar-refractivity contribution in [1.29, 1.82) is 0 Å². The third kappa shape index (κ3) is 4.00. The Labute approximate surface area is 167 Å². The second kappa shape index (κ2) is 8.67. The van der Waals surface area contributed by atoms with Crippen molar-refractivity contribution in [1.82, 2.24) is 9.55 Å². The lowest BCUT2D eigenvalue weighted by Crippen LogP contribution is -2.24. The van der Waals surface area contributed by atoms with Gasteiger partial charge in [0.2, 0.25) is 6.79 Å². The van der Waals surface area contributed by atoms with Crippen molar-refractivity contribution in [2.24, 2.45) is 0 Å². The largest absolute Gasteiger partial charge is 0.454 e. The molecule has 0 amide bonds. The van der Waals surface area contributed by atoms with E-state index in [4.69, 9.17) is 19.2 Å². The van der Waals surface area contributed by atoms with Gasteiger partial charge in [-0.25, -0.2) is 4.98 Å². The summed E-state index contributed by atoms with van der Waals surface area (Å²) in [6, 6.07) is 13.4. The highest BCUT2D eigenvalue weighted by atomic mass is 32.2. The zero-order chi connectivity index (χ0) is 19.3. The molecule has 2 heterocycles. The number of aromatic nitrogens is 2.